The Morgan fingerprint density at radius 1 is 1.10 bits per heavy atom. The second kappa shape index (κ2) is 9.35. The standard InChI is InChI=1S/C23H34N2O3S/c1-17-10-13-21(28-17)22(24-29(26)23(2,3)4)19-12-11-18(27-5)16-20(19)25-14-8-6-7-9-15-25/h10-13,16,22,24H,6-9,14-15H2,1-5H3. The lowest BCUT2D eigenvalue weighted by molar-refractivity contribution is 0.414. The van der Waals surface area contributed by atoms with E-state index in [-0.39, 0.29) is 10.8 Å². The first-order chi connectivity index (χ1) is 13.8. The zero-order valence-corrected chi connectivity index (χ0v) is 19.1. The summed E-state index contributed by atoms with van der Waals surface area (Å²) in [5.41, 5.74) is 2.20. The molecule has 0 saturated carbocycles. The number of anilines is 1. The van der Waals surface area contributed by atoms with Crippen LogP contribution in [0.2, 0.25) is 0 Å². The van der Waals surface area contributed by atoms with Gasteiger partial charge >= 0.3 is 0 Å². The predicted molar refractivity (Wildman–Crippen MR) is 120 cm³/mol. The molecule has 6 heteroatoms. The summed E-state index contributed by atoms with van der Waals surface area (Å²) in [4.78, 5) is 2.44. The van der Waals surface area contributed by atoms with Gasteiger partial charge < -0.3 is 14.1 Å². The number of furan rings is 1. The van der Waals surface area contributed by atoms with Gasteiger partial charge in [0.1, 0.15) is 23.3 Å². The molecule has 5 nitrogen and oxygen atoms in total. The minimum atomic E-state index is -1.24. The van der Waals surface area contributed by atoms with Crippen LogP contribution < -0.4 is 14.4 Å². The van der Waals surface area contributed by atoms with E-state index in [1.54, 1.807) is 7.11 Å². The highest BCUT2D eigenvalue weighted by atomic mass is 32.2. The van der Waals surface area contributed by atoms with Crippen molar-refractivity contribution in [2.24, 2.45) is 0 Å². The number of ether oxygens (including phenoxy) is 1. The van der Waals surface area contributed by atoms with Crippen LogP contribution in [-0.4, -0.2) is 29.2 Å². The van der Waals surface area contributed by atoms with Gasteiger partial charge in [-0.05, 0) is 58.7 Å². The lowest BCUT2D eigenvalue weighted by Crippen LogP contribution is -2.37. The van der Waals surface area contributed by atoms with Gasteiger partial charge in [-0.3, -0.25) is 0 Å². The first-order valence-corrected chi connectivity index (χ1v) is 11.6. The number of nitrogens with one attached hydrogen (secondary N) is 1. The third-order valence-corrected chi connectivity index (χ3v) is 6.88. The summed E-state index contributed by atoms with van der Waals surface area (Å²) in [5.74, 6) is 2.46. The second-order valence-corrected chi connectivity index (χ2v) is 10.7. The zero-order valence-electron chi connectivity index (χ0n) is 18.3. The molecule has 0 amide bonds. The molecule has 0 spiro atoms. The van der Waals surface area contributed by atoms with Gasteiger partial charge in [0.25, 0.3) is 0 Å². The van der Waals surface area contributed by atoms with Crippen molar-refractivity contribution >= 4 is 16.7 Å². The molecule has 160 valence electrons. The summed E-state index contributed by atoms with van der Waals surface area (Å²) in [6.45, 7) is 9.91. The molecule has 1 aliphatic rings. The second-order valence-electron chi connectivity index (χ2n) is 8.71. The van der Waals surface area contributed by atoms with E-state index in [4.69, 9.17) is 9.15 Å². The maximum atomic E-state index is 13.0. The Bertz CT molecular complexity index is 833. The molecular weight excluding hydrogens is 384 g/mol. The van der Waals surface area contributed by atoms with Crippen LogP contribution in [0, 0.1) is 6.92 Å². The summed E-state index contributed by atoms with van der Waals surface area (Å²) < 4.78 is 27.5. The monoisotopic (exact) mass is 418 g/mol. The van der Waals surface area contributed by atoms with Crippen LogP contribution in [0.1, 0.15) is 69.6 Å². The number of aryl methyl sites for hydroxylation is 1. The van der Waals surface area contributed by atoms with Gasteiger partial charge in [0, 0.05) is 30.4 Å². The molecule has 0 aliphatic carbocycles. The lowest BCUT2D eigenvalue weighted by Gasteiger charge is -2.30. The van der Waals surface area contributed by atoms with E-state index in [1.807, 2.05) is 45.9 Å². The molecular formula is C23H34N2O3S. The van der Waals surface area contributed by atoms with Crippen molar-refractivity contribution in [3.05, 3.63) is 47.4 Å². The van der Waals surface area contributed by atoms with Gasteiger partial charge in [0.05, 0.1) is 22.8 Å². The van der Waals surface area contributed by atoms with E-state index in [9.17, 15) is 4.21 Å². The van der Waals surface area contributed by atoms with E-state index in [1.165, 1.54) is 25.7 Å². The Balaban J connectivity index is 2.07. The SMILES string of the molecule is COc1ccc(C(NS(=O)C(C)(C)C)c2ccc(C)o2)c(N2CCCCCC2)c1. The average Bonchev–Trinajstić information content (AvgIpc) is 2.94. The quantitative estimate of drug-likeness (QED) is 0.707. The van der Waals surface area contributed by atoms with Crippen LogP contribution in [0.3, 0.4) is 0 Å². The van der Waals surface area contributed by atoms with Gasteiger partial charge in [0.2, 0.25) is 0 Å². The Hall–Kier alpha value is -1.79. The molecule has 1 saturated heterocycles. The molecule has 0 bridgehead atoms. The first-order valence-electron chi connectivity index (χ1n) is 10.5. The smallest absolute Gasteiger partial charge is 0.126 e. The molecule has 29 heavy (non-hydrogen) atoms. The summed E-state index contributed by atoms with van der Waals surface area (Å²) >= 11 is 0. The van der Waals surface area contributed by atoms with E-state index < -0.39 is 11.0 Å². The fourth-order valence-corrected chi connectivity index (χ4v) is 4.46. The van der Waals surface area contributed by atoms with Gasteiger partial charge in [-0.2, -0.15) is 0 Å². The third-order valence-electron chi connectivity index (χ3n) is 5.32. The summed E-state index contributed by atoms with van der Waals surface area (Å²) in [5, 5.41) is 0. The topological polar surface area (TPSA) is 54.7 Å². The van der Waals surface area contributed by atoms with E-state index in [2.05, 4.69) is 21.8 Å². The Kier molecular flexibility index (Phi) is 7.06. The molecule has 3 rings (SSSR count). The number of methoxy groups -OCH3 is 1. The van der Waals surface area contributed by atoms with Crippen LogP contribution in [0.4, 0.5) is 5.69 Å². The molecule has 2 aromatic rings. The van der Waals surface area contributed by atoms with Crippen molar-refractivity contribution in [2.45, 2.75) is 64.2 Å². The maximum absolute atomic E-state index is 13.0. The van der Waals surface area contributed by atoms with Gasteiger partial charge in [-0.15, -0.1) is 0 Å². The molecule has 1 aromatic heterocycles. The normalized spacial score (nSPS) is 17.6. The fourth-order valence-electron chi connectivity index (χ4n) is 3.65. The molecule has 2 unspecified atom stereocenters. The summed E-state index contributed by atoms with van der Waals surface area (Å²) in [6, 6.07) is 9.79. The van der Waals surface area contributed by atoms with Crippen molar-refractivity contribution in [1.82, 2.24) is 4.72 Å². The van der Waals surface area contributed by atoms with Gasteiger partial charge in [-0.25, -0.2) is 8.93 Å². The molecule has 1 fully saturated rings. The van der Waals surface area contributed by atoms with Crippen molar-refractivity contribution in [3.8, 4) is 5.75 Å². The molecule has 2 heterocycles. The minimum Gasteiger partial charge on any atom is -0.497 e. The zero-order chi connectivity index (χ0) is 21.0. The number of hydrogen-bond donors (Lipinski definition) is 1. The molecule has 1 aliphatic heterocycles. The largest absolute Gasteiger partial charge is 0.497 e. The van der Waals surface area contributed by atoms with Crippen LogP contribution >= 0.6 is 0 Å². The molecule has 1 aromatic carbocycles. The molecule has 1 N–H and O–H groups in total. The number of rotatable bonds is 6. The summed E-state index contributed by atoms with van der Waals surface area (Å²) in [7, 11) is 0.453. The Labute approximate surface area is 177 Å². The highest BCUT2D eigenvalue weighted by molar-refractivity contribution is 7.84. The third kappa shape index (κ3) is 5.43. The number of hydrogen-bond acceptors (Lipinski definition) is 4. The molecule has 0 radical (unpaired) electrons. The summed E-state index contributed by atoms with van der Waals surface area (Å²) in [6.07, 6.45) is 4.90. The van der Waals surface area contributed by atoms with Crippen molar-refractivity contribution < 1.29 is 13.4 Å². The minimum absolute atomic E-state index is 0.298. The van der Waals surface area contributed by atoms with Crippen molar-refractivity contribution in [1.29, 1.82) is 0 Å². The molecule has 2 atom stereocenters. The van der Waals surface area contributed by atoms with Crippen molar-refractivity contribution in [3.63, 3.8) is 0 Å². The highest BCUT2D eigenvalue weighted by Crippen LogP contribution is 2.36. The van der Waals surface area contributed by atoms with E-state index in [0.717, 1.165) is 41.6 Å². The van der Waals surface area contributed by atoms with Crippen molar-refractivity contribution in [2.75, 3.05) is 25.1 Å². The maximum Gasteiger partial charge on any atom is 0.126 e. The van der Waals surface area contributed by atoms with Gasteiger partial charge in [0.15, 0.2) is 0 Å². The number of benzene rings is 1. The number of nitrogens with zero attached hydrogens (tertiary/aromatic N) is 1. The van der Waals surface area contributed by atoms with Crippen LogP contribution in [0.25, 0.3) is 0 Å². The van der Waals surface area contributed by atoms with Crippen LogP contribution in [-0.2, 0) is 11.0 Å². The Morgan fingerprint density at radius 2 is 1.79 bits per heavy atom. The van der Waals surface area contributed by atoms with E-state index >= 15 is 0 Å². The Morgan fingerprint density at radius 3 is 2.34 bits per heavy atom. The highest BCUT2D eigenvalue weighted by Gasteiger charge is 2.29. The first kappa shape index (κ1) is 21.9. The van der Waals surface area contributed by atoms with Gasteiger partial charge in [-0.1, -0.05) is 18.9 Å². The van der Waals surface area contributed by atoms with Crippen LogP contribution in [0.5, 0.6) is 5.75 Å². The predicted octanol–water partition coefficient (Wildman–Crippen LogP) is 5.12. The fraction of sp³-hybridized carbons (Fsp3) is 0.565. The van der Waals surface area contributed by atoms with Crippen LogP contribution in [0.15, 0.2) is 34.7 Å². The lowest BCUT2D eigenvalue weighted by atomic mass is 10.0. The van der Waals surface area contributed by atoms with E-state index in [0.29, 0.717) is 0 Å². The average molecular weight is 419 g/mol.